The van der Waals surface area contributed by atoms with Crippen molar-refractivity contribution in [1.82, 2.24) is 15.1 Å². The van der Waals surface area contributed by atoms with Crippen LogP contribution in [0.15, 0.2) is 53.3 Å². The first-order valence-corrected chi connectivity index (χ1v) is 8.84. The minimum Gasteiger partial charge on any atom is -0.350 e. The van der Waals surface area contributed by atoms with Crippen LogP contribution in [0.3, 0.4) is 0 Å². The van der Waals surface area contributed by atoms with E-state index in [1.54, 1.807) is 49.5 Å². The summed E-state index contributed by atoms with van der Waals surface area (Å²) in [5, 5.41) is 8.81. The fourth-order valence-corrected chi connectivity index (χ4v) is 2.91. The number of carbonyl (C=O) groups excluding carboxylic acids is 2. The van der Waals surface area contributed by atoms with E-state index in [1.165, 1.54) is 4.68 Å². The molecule has 0 aliphatic carbocycles. The Balaban J connectivity index is 1.62. The van der Waals surface area contributed by atoms with E-state index in [-0.39, 0.29) is 36.6 Å². The largest absolute Gasteiger partial charge is 0.350 e. The molecule has 7 heteroatoms. The molecule has 138 valence electrons. The number of carbonyl (C=O) groups is 2. The van der Waals surface area contributed by atoms with Gasteiger partial charge in [-0.2, -0.15) is 5.10 Å². The van der Waals surface area contributed by atoms with Gasteiger partial charge < -0.3 is 5.32 Å². The van der Waals surface area contributed by atoms with E-state index >= 15 is 0 Å². The Kier molecular flexibility index (Phi) is 5.66. The van der Waals surface area contributed by atoms with Crippen molar-refractivity contribution in [2.75, 3.05) is 0 Å². The number of ketones is 1. The average molecular weight is 384 g/mol. The van der Waals surface area contributed by atoms with Gasteiger partial charge in [0.15, 0.2) is 5.78 Å². The van der Waals surface area contributed by atoms with Crippen LogP contribution in [-0.2, 0) is 18.4 Å². The second kappa shape index (κ2) is 8.14. The Labute approximate surface area is 160 Å². The summed E-state index contributed by atoms with van der Waals surface area (Å²) < 4.78 is 1.26. The molecule has 0 unspecified atom stereocenters. The minimum atomic E-state index is -0.253. The molecular weight excluding hydrogens is 366 g/mol. The lowest BCUT2D eigenvalue weighted by molar-refractivity contribution is -0.121. The lowest BCUT2D eigenvalue weighted by atomic mass is 10.1. The quantitative estimate of drug-likeness (QED) is 0.663. The number of amides is 1. The van der Waals surface area contributed by atoms with Gasteiger partial charge >= 0.3 is 0 Å². The Hall–Kier alpha value is -2.99. The molecule has 0 atom stereocenters. The first kappa shape index (κ1) is 18.8. The first-order chi connectivity index (χ1) is 13.0. The third-order valence-electron chi connectivity index (χ3n) is 4.23. The van der Waals surface area contributed by atoms with Gasteiger partial charge in [0.25, 0.3) is 5.56 Å². The second-order valence-corrected chi connectivity index (χ2v) is 6.56. The average Bonchev–Trinajstić information content (AvgIpc) is 2.68. The molecule has 0 fully saturated rings. The number of nitrogens with zero attached hydrogens (tertiary/aromatic N) is 2. The number of nitrogens with one attached hydrogen (secondary N) is 1. The summed E-state index contributed by atoms with van der Waals surface area (Å²) in [6, 6.07) is 13.7. The van der Waals surface area contributed by atoms with Gasteiger partial charge in [-0.05, 0) is 30.3 Å². The van der Waals surface area contributed by atoms with E-state index in [0.29, 0.717) is 27.1 Å². The Morgan fingerprint density at radius 2 is 1.70 bits per heavy atom. The standard InChI is InChI=1S/C20H18ClN3O3/c1-24-20(27)16-5-3-2-4-15(16)17(23-24)12-22-19(26)11-10-18(25)13-6-8-14(21)9-7-13/h2-9H,10-12H2,1H3,(H,22,26). The maximum Gasteiger partial charge on any atom is 0.274 e. The van der Waals surface area contributed by atoms with Gasteiger partial charge in [-0.1, -0.05) is 29.8 Å². The monoisotopic (exact) mass is 383 g/mol. The van der Waals surface area contributed by atoms with Gasteiger partial charge in [-0.25, -0.2) is 4.68 Å². The molecule has 1 N–H and O–H groups in total. The highest BCUT2D eigenvalue weighted by molar-refractivity contribution is 6.30. The number of hydrogen-bond acceptors (Lipinski definition) is 4. The summed E-state index contributed by atoms with van der Waals surface area (Å²) in [4.78, 5) is 36.4. The van der Waals surface area contributed by atoms with Crippen LogP contribution in [0.5, 0.6) is 0 Å². The number of benzene rings is 2. The molecule has 0 spiro atoms. The smallest absolute Gasteiger partial charge is 0.274 e. The number of aryl methyl sites for hydroxylation is 1. The number of hydrogen-bond donors (Lipinski definition) is 1. The van der Waals surface area contributed by atoms with Crippen LogP contribution in [0.1, 0.15) is 28.9 Å². The lowest BCUT2D eigenvalue weighted by Crippen LogP contribution is -2.27. The van der Waals surface area contributed by atoms with Gasteiger partial charge in [-0.3, -0.25) is 14.4 Å². The summed E-state index contributed by atoms with van der Waals surface area (Å²) in [6.07, 6.45) is 0.181. The topological polar surface area (TPSA) is 81.1 Å². The molecule has 0 bridgehead atoms. The van der Waals surface area contributed by atoms with Crippen molar-refractivity contribution in [2.45, 2.75) is 19.4 Å². The zero-order chi connectivity index (χ0) is 19.4. The molecular formula is C20H18ClN3O3. The normalized spacial score (nSPS) is 10.7. The Morgan fingerprint density at radius 3 is 2.41 bits per heavy atom. The number of rotatable bonds is 6. The second-order valence-electron chi connectivity index (χ2n) is 6.13. The van der Waals surface area contributed by atoms with Crippen molar-refractivity contribution in [2.24, 2.45) is 7.05 Å². The van der Waals surface area contributed by atoms with Crippen molar-refractivity contribution in [3.63, 3.8) is 0 Å². The molecule has 0 saturated carbocycles. The molecule has 1 heterocycles. The van der Waals surface area contributed by atoms with Crippen LogP contribution in [0.25, 0.3) is 10.8 Å². The molecule has 1 aromatic heterocycles. The molecule has 3 aromatic rings. The Bertz CT molecular complexity index is 1060. The molecule has 0 radical (unpaired) electrons. The molecule has 0 aliphatic rings. The highest BCUT2D eigenvalue weighted by Gasteiger charge is 2.12. The highest BCUT2D eigenvalue weighted by atomic mass is 35.5. The molecule has 3 rings (SSSR count). The maximum absolute atomic E-state index is 12.1. The fourth-order valence-electron chi connectivity index (χ4n) is 2.78. The summed E-state index contributed by atoms with van der Waals surface area (Å²) in [7, 11) is 1.57. The molecule has 0 saturated heterocycles. The van der Waals surface area contributed by atoms with Crippen molar-refractivity contribution in [3.8, 4) is 0 Å². The van der Waals surface area contributed by atoms with Crippen LogP contribution in [0.2, 0.25) is 5.02 Å². The molecule has 6 nitrogen and oxygen atoms in total. The maximum atomic E-state index is 12.1. The van der Waals surface area contributed by atoms with E-state index in [9.17, 15) is 14.4 Å². The van der Waals surface area contributed by atoms with E-state index in [2.05, 4.69) is 10.4 Å². The summed E-state index contributed by atoms with van der Waals surface area (Å²) >= 11 is 5.80. The van der Waals surface area contributed by atoms with E-state index < -0.39 is 0 Å². The van der Waals surface area contributed by atoms with Crippen LogP contribution < -0.4 is 10.9 Å². The minimum absolute atomic E-state index is 0.0746. The third-order valence-corrected chi connectivity index (χ3v) is 4.48. The van der Waals surface area contributed by atoms with Crippen LogP contribution in [0, 0.1) is 0 Å². The van der Waals surface area contributed by atoms with Crippen LogP contribution >= 0.6 is 11.6 Å². The number of fused-ring (bicyclic) bond motifs is 1. The molecule has 1 amide bonds. The lowest BCUT2D eigenvalue weighted by Gasteiger charge is -2.09. The number of Topliss-reactive ketones (excluding diaryl/α,β-unsaturated/α-hetero) is 1. The zero-order valence-electron chi connectivity index (χ0n) is 14.7. The van der Waals surface area contributed by atoms with Crippen LogP contribution in [-0.4, -0.2) is 21.5 Å². The van der Waals surface area contributed by atoms with Crippen molar-refractivity contribution < 1.29 is 9.59 Å². The zero-order valence-corrected chi connectivity index (χ0v) is 15.5. The molecule has 2 aromatic carbocycles. The van der Waals surface area contributed by atoms with Crippen molar-refractivity contribution in [1.29, 1.82) is 0 Å². The van der Waals surface area contributed by atoms with E-state index in [4.69, 9.17) is 11.6 Å². The van der Waals surface area contributed by atoms with Gasteiger partial charge in [0.1, 0.15) is 0 Å². The third kappa shape index (κ3) is 4.41. The van der Waals surface area contributed by atoms with Gasteiger partial charge in [-0.15, -0.1) is 0 Å². The SMILES string of the molecule is Cn1nc(CNC(=O)CCC(=O)c2ccc(Cl)cc2)c2ccccc2c1=O. The summed E-state index contributed by atoms with van der Waals surface area (Å²) in [6.45, 7) is 0.183. The van der Waals surface area contributed by atoms with Crippen molar-refractivity contribution >= 4 is 34.1 Å². The van der Waals surface area contributed by atoms with Gasteiger partial charge in [0, 0.05) is 35.9 Å². The summed E-state index contributed by atoms with van der Waals surface area (Å²) in [5.74, 6) is -0.371. The van der Waals surface area contributed by atoms with E-state index in [0.717, 1.165) is 0 Å². The Morgan fingerprint density at radius 1 is 1.04 bits per heavy atom. The predicted molar refractivity (Wildman–Crippen MR) is 104 cm³/mol. The van der Waals surface area contributed by atoms with Gasteiger partial charge in [0.05, 0.1) is 17.6 Å². The number of halogens is 1. The predicted octanol–water partition coefficient (Wildman–Crippen LogP) is 2.87. The van der Waals surface area contributed by atoms with Gasteiger partial charge in [0.2, 0.25) is 5.91 Å². The van der Waals surface area contributed by atoms with Crippen molar-refractivity contribution in [3.05, 3.63) is 75.2 Å². The first-order valence-electron chi connectivity index (χ1n) is 8.46. The number of aromatic nitrogens is 2. The van der Waals surface area contributed by atoms with Crippen LogP contribution in [0.4, 0.5) is 0 Å². The molecule has 0 aliphatic heterocycles. The summed E-state index contributed by atoms with van der Waals surface area (Å²) in [5.41, 5.74) is 0.942. The fraction of sp³-hybridized carbons (Fsp3) is 0.200. The molecule has 27 heavy (non-hydrogen) atoms. The highest BCUT2D eigenvalue weighted by Crippen LogP contribution is 2.14. The van der Waals surface area contributed by atoms with E-state index in [1.807, 2.05) is 6.07 Å².